The van der Waals surface area contributed by atoms with Crippen LogP contribution in [-0.4, -0.2) is 53.0 Å². The van der Waals surface area contributed by atoms with E-state index >= 15 is 0 Å². The fourth-order valence-corrected chi connectivity index (χ4v) is 3.22. The normalized spacial score (nSPS) is 37.1. The predicted molar refractivity (Wildman–Crippen MR) is 74.5 cm³/mol. The molecule has 2 fully saturated rings. The van der Waals surface area contributed by atoms with Crippen molar-refractivity contribution in [3.05, 3.63) is 12.2 Å². The van der Waals surface area contributed by atoms with Crippen molar-refractivity contribution in [1.29, 1.82) is 0 Å². The lowest BCUT2D eigenvalue weighted by molar-refractivity contribution is -0.193. The summed E-state index contributed by atoms with van der Waals surface area (Å²) in [6.07, 6.45) is 5.30. The van der Waals surface area contributed by atoms with E-state index in [9.17, 15) is 9.90 Å². The van der Waals surface area contributed by atoms with E-state index in [1.165, 1.54) is 0 Å². The van der Waals surface area contributed by atoms with Crippen molar-refractivity contribution in [2.45, 2.75) is 50.6 Å². The highest BCUT2D eigenvalue weighted by Crippen LogP contribution is 2.39. The molecule has 3 N–H and O–H groups in total. The Morgan fingerprint density at radius 2 is 2.19 bits per heavy atom. The standard InChI is InChI=1S/C15H24O6/c16-6-3-4-10-11(8-14(18)19)12(17)9-13(10)21-15-5-1-2-7-20-15/h3-4,10-13,15-17H,1-2,5-9H2,(H,18,19)/t10-,11-,12+,13-,15?/m1/s1. The minimum Gasteiger partial charge on any atom is -0.481 e. The van der Waals surface area contributed by atoms with E-state index in [1.54, 1.807) is 12.2 Å². The number of hydrogen-bond donors (Lipinski definition) is 3. The van der Waals surface area contributed by atoms with Gasteiger partial charge < -0.3 is 24.8 Å². The lowest BCUT2D eigenvalue weighted by Crippen LogP contribution is -2.31. The summed E-state index contributed by atoms with van der Waals surface area (Å²) in [5, 5.41) is 28.1. The SMILES string of the molecule is O=C(O)C[C@@H]1[C@@H](C=CCO)[C@H](OC2CCCCO2)C[C@@H]1O. The van der Waals surface area contributed by atoms with Crippen LogP contribution in [0.1, 0.15) is 32.1 Å². The van der Waals surface area contributed by atoms with Gasteiger partial charge in [0.05, 0.1) is 25.2 Å². The summed E-state index contributed by atoms with van der Waals surface area (Å²) in [4.78, 5) is 11.0. The maximum absolute atomic E-state index is 11.0. The Hall–Kier alpha value is -0.950. The van der Waals surface area contributed by atoms with Crippen LogP contribution in [0.3, 0.4) is 0 Å². The third kappa shape index (κ3) is 4.51. The second kappa shape index (κ2) is 7.89. The van der Waals surface area contributed by atoms with Crippen LogP contribution in [0.15, 0.2) is 12.2 Å². The Bertz CT molecular complexity index is 363. The zero-order valence-corrected chi connectivity index (χ0v) is 12.1. The van der Waals surface area contributed by atoms with Gasteiger partial charge in [-0.25, -0.2) is 0 Å². The first-order chi connectivity index (χ1) is 10.1. The molecule has 2 aliphatic rings. The molecule has 1 aliphatic carbocycles. The lowest BCUT2D eigenvalue weighted by Gasteiger charge is -2.28. The first-order valence-corrected chi connectivity index (χ1v) is 7.56. The molecule has 0 aromatic carbocycles. The fourth-order valence-electron chi connectivity index (χ4n) is 3.22. The van der Waals surface area contributed by atoms with Gasteiger partial charge in [0.15, 0.2) is 6.29 Å². The minimum absolute atomic E-state index is 0.104. The van der Waals surface area contributed by atoms with Gasteiger partial charge in [0.25, 0.3) is 0 Å². The molecule has 21 heavy (non-hydrogen) atoms. The lowest BCUT2D eigenvalue weighted by atomic mass is 9.90. The molecule has 0 aromatic rings. The minimum atomic E-state index is -0.934. The van der Waals surface area contributed by atoms with Crippen LogP contribution < -0.4 is 0 Å². The molecule has 0 bridgehead atoms. The van der Waals surface area contributed by atoms with Crippen LogP contribution in [0.4, 0.5) is 0 Å². The maximum Gasteiger partial charge on any atom is 0.303 e. The highest BCUT2D eigenvalue weighted by molar-refractivity contribution is 5.67. The number of ether oxygens (including phenoxy) is 2. The number of hydrogen-bond acceptors (Lipinski definition) is 5. The van der Waals surface area contributed by atoms with Gasteiger partial charge in [-0.1, -0.05) is 12.2 Å². The Balaban J connectivity index is 2.03. The monoisotopic (exact) mass is 300 g/mol. The van der Waals surface area contributed by atoms with E-state index in [0.717, 1.165) is 19.3 Å². The summed E-state index contributed by atoms with van der Waals surface area (Å²) in [7, 11) is 0. The number of aliphatic hydroxyl groups is 2. The third-order valence-corrected chi connectivity index (χ3v) is 4.23. The maximum atomic E-state index is 11.0. The Morgan fingerprint density at radius 3 is 2.81 bits per heavy atom. The van der Waals surface area contributed by atoms with Crippen LogP contribution in [0.5, 0.6) is 0 Å². The average molecular weight is 300 g/mol. The van der Waals surface area contributed by atoms with E-state index in [-0.39, 0.29) is 37.3 Å². The molecule has 120 valence electrons. The second-order valence-electron chi connectivity index (χ2n) is 5.72. The molecule has 6 heteroatoms. The molecule has 0 aromatic heterocycles. The molecule has 0 amide bonds. The van der Waals surface area contributed by atoms with Crippen molar-refractivity contribution in [2.75, 3.05) is 13.2 Å². The number of carbonyl (C=O) groups is 1. The molecule has 5 atom stereocenters. The highest BCUT2D eigenvalue weighted by Gasteiger charge is 2.43. The third-order valence-electron chi connectivity index (χ3n) is 4.23. The predicted octanol–water partition coefficient (Wildman–Crippen LogP) is 0.918. The van der Waals surface area contributed by atoms with E-state index in [2.05, 4.69) is 0 Å². The van der Waals surface area contributed by atoms with E-state index < -0.39 is 12.1 Å². The average Bonchev–Trinajstić information content (AvgIpc) is 2.73. The van der Waals surface area contributed by atoms with Gasteiger partial charge in [-0.3, -0.25) is 4.79 Å². The molecule has 0 spiro atoms. The molecular weight excluding hydrogens is 276 g/mol. The molecule has 1 unspecified atom stereocenters. The number of carboxylic acid groups (broad SMARTS) is 1. The zero-order chi connectivity index (χ0) is 15.2. The number of aliphatic hydroxyl groups excluding tert-OH is 2. The first-order valence-electron chi connectivity index (χ1n) is 7.56. The molecule has 1 saturated heterocycles. The summed E-state index contributed by atoms with van der Waals surface area (Å²) in [6.45, 7) is 0.564. The summed E-state index contributed by atoms with van der Waals surface area (Å²) in [6, 6.07) is 0. The quantitative estimate of drug-likeness (QED) is 0.631. The van der Waals surface area contributed by atoms with Crippen molar-refractivity contribution in [3.63, 3.8) is 0 Å². The van der Waals surface area contributed by atoms with Crippen LogP contribution in [0.2, 0.25) is 0 Å². The fraction of sp³-hybridized carbons (Fsp3) is 0.800. The molecule has 1 heterocycles. The molecule has 1 saturated carbocycles. The summed E-state index contributed by atoms with van der Waals surface area (Å²) >= 11 is 0. The zero-order valence-electron chi connectivity index (χ0n) is 12.1. The van der Waals surface area contributed by atoms with Crippen LogP contribution in [0, 0.1) is 11.8 Å². The molecule has 1 aliphatic heterocycles. The van der Waals surface area contributed by atoms with E-state index in [1.807, 2.05) is 0 Å². The molecule has 2 rings (SSSR count). The van der Waals surface area contributed by atoms with Crippen LogP contribution in [0.25, 0.3) is 0 Å². The van der Waals surface area contributed by atoms with Gasteiger partial charge in [0, 0.05) is 24.9 Å². The van der Waals surface area contributed by atoms with Gasteiger partial charge in [0.2, 0.25) is 0 Å². The topological polar surface area (TPSA) is 96.2 Å². The van der Waals surface area contributed by atoms with Crippen molar-refractivity contribution in [3.8, 4) is 0 Å². The number of rotatable bonds is 6. The van der Waals surface area contributed by atoms with Crippen molar-refractivity contribution < 1.29 is 29.6 Å². The molecule has 6 nitrogen and oxygen atoms in total. The second-order valence-corrected chi connectivity index (χ2v) is 5.72. The van der Waals surface area contributed by atoms with Gasteiger partial charge in [-0.05, 0) is 19.3 Å². The van der Waals surface area contributed by atoms with Crippen LogP contribution >= 0.6 is 0 Å². The molecular formula is C15H24O6. The Kier molecular flexibility index (Phi) is 6.17. The number of carboxylic acids is 1. The van der Waals surface area contributed by atoms with Gasteiger partial charge in [0.1, 0.15) is 0 Å². The van der Waals surface area contributed by atoms with Crippen molar-refractivity contribution in [1.82, 2.24) is 0 Å². The van der Waals surface area contributed by atoms with Gasteiger partial charge >= 0.3 is 5.97 Å². The van der Waals surface area contributed by atoms with Crippen molar-refractivity contribution >= 4 is 5.97 Å². The summed E-state index contributed by atoms with van der Waals surface area (Å²) < 4.78 is 11.5. The van der Waals surface area contributed by atoms with Crippen LogP contribution in [-0.2, 0) is 14.3 Å². The highest BCUT2D eigenvalue weighted by atomic mass is 16.7. The Morgan fingerprint density at radius 1 is 1.38 bits per heavy atom. The summed E-state index contributed by atoms with van der Waals surface area (Å²) in [5.41, 5.74) is 0. The smallest absolute Gasteiger partial charge is 0.303 e. The first kappa shape index (κ1) is 16.4. The van der Waals surface area contributed by atoms with Crippen molar-refractivity contribution in [2.24, 2.45) is 11.8 Å². The summed E-state index contributed by atoms with van der Waals surface area (Å²) in [5.74, 6) is -1.54. The Labute approximate surface area is 124 Å². The largest absolute Gasteiger partial charge is 0.481 e. The van der Waals surface area contributed by atoms with Gasteiger partial charge in [-0.2, -0.15) is 0 Å². The van der Waals surface area contributed by atoms with E-state index in [0.29, 0.717) is 13.0 Å². The van der Waals surface area contributed by atoms with E-state index in [4.69, 9.17) is 19.7 Å². The molecule has 0 radical (unpaired) electrons. The van der Waals surface area contributed by atoms with Gasteiger partial charge in [-0.15, -0.1) is 0 Å². The number of aliphatic carboxylic acids is 1.